The fraction of sp³-hybridized carbons (Fsp3) is 0.238. The van der Waals surface area contributed by atoms with Gasteiger partial charge in [-0.1, -0.05) is 18.2 Å². The molecule has 0 aliphatic carbocycles. The van der Waals surface area contributed by atoms with Gasteiger partial charge in [0, 0.05) is 35.8 Å². The summed E-state index contributed by atoms with van der Waals surface area (Å²) in [5.74, 6) is -0.637. The second-order valence-electron chi connectivity index (χ2n) is 7.12. The van der Waals surface area contributed by atoms with E-state index in [0.29, 0.717) is 17.8 Å². The molecule has 1 unspecified atom stereocenters. The Hall–Kier alpha value is -3.52. The Bertz CT molecular complexity index is 1120. The fourth-order valence-electron chi connectivity index (χ4n) is 3.77. The SMILES string of the molecule is Cc1cc([N+](=O)[O-])ccc1N1C(=O)CC(NCCc2c[nH]c3ccccc23)C1=O. The molecule has 0 radical (unpaired) electrons. The van der Waals surface area contributed by atoms with E-state index in [-0.39, 0.29) is 23.9 Å². The highest BCUT2D eigenvalue weighted by Gasteiger charge is 2.39. The largest absolute Gasteiger partial charge is 0.361 e. The summed E-state index contributed by atoms with van der Waals surface area (Å²) in [6, 6.07) is 11.5. The van der Waals surface area contributed by atoms with E-state index in [1.54, 1.807) is 6.92 Å². The molecular formula is C21H20N4O4. The van der Waals surface area contributed by atoms with Crippen LogP contribution in [0.15, 0.2) is 48.7 Å². The maximum Gasteiger partial charge on any atom is 0.269 e. The molecule has 0 saturated carbocycles. The summed E-state index contributed by atoms with van der Waals surface area (Å²) in [4.78, 5) is 40.0. The van der Waals surface area contributed by atoms with Crippen LogP contribution >= 0.6 is 0 Å². The van der Waals surface area contributed by atoms with E-state index in [2.05, 4.69) is 10.3 Å². The first-order valence-electron chi connectivity index (χ1n) is 9.36. The number of nitrogens with zero attached hydrogens (tertiary/aromatic N) is 2. The topological polar surface area (TPSA) is 108 Å². The number of anilines is 1. The average molecular weight is 392 g/mol. The highest BCUT2D eigenvalue weighted by Crippen LogP contribution is 2.29. The fourth-order valence-corrected chi connectivity index (χ4v) is 3.77. The minimum absolute atomic E-state index is 0.0706. The number of aryl methyl sites for hydroxylation is 1. The molecule has 2 amide bonds. The Kier molecular flexibility index (Phi) is 4.85. The van der Waals surface area contributed by atoms with Crippen molar-refractivity contribution in [2.75, 3.05) is 11.4 Å². The maximum atomic E-state index is 12.8. The predicted octanol–water partition coefficient (Wildman–Crippen LogP) is 2.85. The number of non-ortho nitro benzene ring substituents is 1. The number of fused-ring (bicyclic) bond motifs is 1. The van der Waals surface area contributed by atoms with Crippen LogP contribution in [-0.2, 0) is 16.0 Å². The summed E-state index contributed by atoms with van der Waals surface area (Å²) in [5.41, 5.74) is 3.05. The summed E-state index contributed by atoms with van der Waals surface area (Å²) in [6.07, 6.45) is 2.75. The third-order valence-corrected chi connectivity index (χ3v) is 5.24. The number of aromatic nitrogens is 1. The molecule has 1 saturated heterocycles. The lowest BCUT2D eigenvalue weighted by molar-refractivity contribution is -0.384. The summed E-state index contributed by atoms with van der Waals surface area (Å²) < 4.78 is 0. The van der Waals surface area contributed by atoms with Gasteiger partial charge < -0.3 is 10.3 Å². The molecule has 0 bridgehead atoms. The quantitative estimate of drug-likeness (QED) is 0.381. The number of carbonyl (C=O) groups excluding carboxylic acids is 2. The lowest BCUT2D eigenvalue weighted by Gasteiger charge is -2.17. The van der Waals surface area contributed by atoms with Gasteiger partial charge in [0.25, 0.3) is 11.6 Å². The number of H-pyrrole nitrogens is 1. The maximum absolute atomic E-state index is 12.8. The highest BCUT2D eigenvalue weighted by atomic mass is 16.6. The third kappa shape index (κ3) is 3.50. The van der Waals surface area contributed by atoms with Gasteiger partial charge in [0.15, 0.2) is 0 Å². The van der Waals surface area contributed by atoms with Crippen molar-refractivity contribution in [3.63, 3.8) is 0 Å². The Balaban J connectivity index is 1.44. The molecule has 8 nitrogen and oxygen atoms in total. The van der Waals surface area contributed by atoms with Crippen molar-refractivity contribution in [2.45, 2.75) is 25.8 Å². The molecular weight excluding hydrogens is 372 g/mol. The number of benzene rings is 2. The number of nitrogens with one attached hydrogen (secondary N) is 2. The summed E-state index contributed by atoms with van der Waals surface area (Å²) >= 11 is 0. The second kappa shape index (κ2) is 7.48. The van der Waals surface area contributed by atoms with Gasteiger partial charge in [-0.05, 0) is 36.6 Å². The Morgan fingerprint density at radius 2 is 2.03 bits per heavy atom. The van der Waals surface area contributed by atoms with Gasteiger partial charge in [-0.25, -0.2) is 4.90 Å². The number of para-hydroxylation sites is 1. The Labute approximate surface area is 166 Å². The molecule has 2 N–H and O–H groups in total. The zero-order chi connectivity index (χ0) is 20.5. The van der Waals surface area contributed by atoms with Gasteiger partial charge in [0.1, 0.15) is 0 Å². The van der Waals surface area contributed by atoms with Crippen LogP contribution in [-0.4, -0.2) is 34.3 Å². The minimum Gasteiger partial charge on any atom is -0.361 e. The van der Waals surface area contributed by atoms with Gasteiger partial charge in [0.2, 0.25) is 5.91 Å². The minimum atomic E-state index is -0.595. The molecule has 1 fully saturated rings. The number of nitro benzene ring substituents is 1. The molecule has 1 aliphatic heterocycles. The molecule has 1 aromatic heterocycles. The van der Waals surface area contributed by atoms with Crippen molar-refractivity contribution in [1.29, 1.82) is 0 Å². The standard InChI is InChI=1S/C21H20N4O4/c1-13-10-15(25(28)29)6-7-19(13)24-20(26)11-18(21(24)27)22-9-8-14-12-23-17-5-3-2-4-16(14)17/h2-7,10,12,18,22-23H,8-9,11H2,1H3. The lowest BCUT2D eigenvalue weighted by Crippen LogP contribution is -2.39. The number of imide groups is 1. The molecule has 29 heavy (non-hydrogen) atoms. The zero-order valence-electron chi connectivity index (χ0n) is 15.8. The summed E-state index contributed by atoms with van der Waals surface area (Å²) in [6.45, 7) is 2.21. The van der Waals surface area contributed by atoms with E-state index in [4.69, 9.17) is 0 Å². The van der Waals surface area contributed by atoms with Gasteiger partial charge in [-0.15, -0.1) is 0 Å². The molecule has 2 aromatic carbocycles. The predicted molar refractivity (Wildman–Crippen MR) is 109 cm³/mol. The van der Waals surface area contributed by atoms with Gasteiger partial charge >= 0.3 is 0 Å². The van der Waals surface area contributed by atoms with Crippen molar-refractivity contribution in [3.05, 3.63) is 69.9 Å². The smallest absolute Gasteiger partial charge is 0.269 e. The molecule has 8 heteroatoms. The van der Waals surface area contributed by atoms with E-state index in [1.165, 1.54) is 18.2 Å². The van der Waals surface area contributed by atoms with Crippen LogP contribution in [0.3, 0.4) is 0 Å². The first kappa shape index (κ1) is 18.8. The number of carbonyl (C=O) groups is 2. The first-order chi connectivity index (χ1) is 14.0. The molecule has 1 aliphatic rings. The second-order valence-corrected chi connectivity index (χ2v) is 7.12. The molecule has 4 rings (SSSR count). The van der Waals surface area contributed by atoms with E-state index in [0.717, 1.165) is 27.8 Å². The van der Waals surface area contributed by atoms with Crippen LogP contribution < -0.4 is 10.2 Å². The van der Waals surface area contributed by atoms with Crippen LogP contribution in [0.1, 0.15) is 17.5 Å². The van der Waals surface area contributed by atoms with Crippen molar-refractivity contribution < 1.29 is 14.5 Å². The molecule has 148 valence electrons. The highest BCUT2D eigenvalue weighted by molar-refractivity contribution is 6.22. The number of aromatic amines is 1. The van der Waals surface area contributed by atoms with Crippen molar-refractivity contribution >= 4 is 34.1 Å². The third-order valence-electron chi connectivity index (χ3n) is 5.24. The zero-order valence-corrected chi connectivity index (χ0v) is 15.8. The lowest BCUT2D eigenvalue weighted by atomic mass is 10.1. The monoisotopic (exact) mass is 392 g/mol. The number of hydrogen-bond acceptors (Lipinski definition) is 5. The Morgan fingerprint density at radius 1 is 1.24 bits per heavy atom. The van der Waals surface area contributed by atoms with E-state index >= 15 is 0 Å². The average Bonchev–Trinajstić information content (AvgIpc) is 3.23. The van der Waals surface area contributed by atoms with Gasteiger partial charge in [-0.3, -0.25) is 19.7 Å². The van der Waals surface area contributed by atoms with Crippen molar-refractivity contribution in [3.8, 4) is 0 Å². The molecule has 1 atom stereocenters. The number of rotatable bonds is 6. The van der Waals surface area contributed by atoms with Crippen LogP contribution in [0.2, 0.25) is 0 Å². The number of nitro groups is 1. The summed E-state index contributed by atoms with van der Waals surface area (Å²) in [5, 5.41) is 15.2. The number of hydrogen-bond donors (Lipinski definition) is 2. The van der Waals surface area contributed by atoms with Crippen LogP contribution in [0.25, 0.3) is 10.9 Å². The first-order valence-corrected chi connectivity index (χ1v) is 9.36. The normalized spacial score (nSPS) is 16.7. The molecule has 3 aromatic rings. The van der Waals surface area contributed by atoms with Crippen LogP contribution in [0, 0.1) is 17.0 Å². The number of amides is 2. The Morgan fingerprint density at radius 3 is 2.79 bits per heavy atom. The van der Waals surface area contributed by atoms with Gasteiger partial charge in [-0.2, -0.15) is 0 Å². The van der Waals surface area contributed by atoms with Crippen molar-refractivity contribution in [1.82, 2.24) is 10.3 Å². The van der Waals surface area contributed by atoms with Crippen molar-refractivity contribution in [2.24, 2.45) is 0 Å². The van der Waals surface area contributed by atoms with E-state index < -0.39 is 11.0 Å². The molecule has 0 spiro atoms. The summed E-state index contributed by atoms with van der Waals surface area (Å²) in [7, 11) is 0. The van der Waals surface area contributed by atoms with E-state index in [1.807, 2.05) is 30.5 Å². The van der Waals surface area contributed by atoms with Crippen LogP contribution in [0.5, 0.6) is 0 Å². The van der Waals surface area contributed by atoms with Gasteiger partial charge in [0.05, 0.1) is 23.1 Å². The van der Waals surface area contributed by atoms with E-state index in [9.17, 15) is 19.7 Å². The molecule has 2 heterocycles. The van der Waals surface area contributed by atoms with Crippen LogP contribution in [0.4, 0.5) is 11.4 Å².